The molecule has 3 heteroatoms. The van der Waals surface area contributed by atoms with Gasteiger partial charge in [-0.2, -0.15) is 0 Å². The summed E-state index contributed by atoms with van der Waals surface area (Å²) in [5.74, 6) is 0.730. The van der Waals surface area contributed by atoms with Gasteiger partial charge in [-0.15, -0.1) is 0 Å². The van der Waals surface area contributed by atoms with Crippen molar-refractivity contribution in [2.45, 2.75) is 37.8 Å². The molecule has 1 aliphatic heterocycles. The number of piperidine rings is 1. The van der Waals surface area contributed by atoms with Crippen molar-refractivity contribution in [2.75, 3.05) is 20.1 Å². The van der Waals surface area contributed by atoms with Crippen LogP contribution in [0.5, 0.6) is 0 Å². The van der Waals surface area contributed by atoms with Gasteiger partial charge in [0.2, 0.25) is 0 Å². The average molecular weight is 245 g/mol. The van der Waals surface area contributed by atoms with Crippen molar-refractivity contribution in [3.8, 4) is 0 Å². The summed E-state index contributed by atoms with van der Waals surface area (Å²) < 4.78 is 0. The van der Waals surface area contributed by atoms with E-state index in [0.29, 0.717) is 6.04 Å². The lowest BCUT2D eigenvalue weighted by molar-refractivity contribution is 0.0843. The molecule has 2 unspecified atom stereocenters. The molecule has 18 heavy (non-hydrogen) atoms. The highest BCUT2D eigenvalue weighted by molar-refractivity contribution is 5.17. The lowest BCUT2D eigenvalue weighted by atomic mass is 9.85. The van der Waals surface area contributed by atoms with Crippen LogP contribution in [0.4, 0.5) is 0 Å². The van der Waals surface area contributed by atoms with Gasteiger partial charge in [-0.3, -0.25) is 9.88 Å². The SMILES string of the molecule is CNCC1CCCN(C2CC2)C1c1cccnc1. The summed E-state index contributed by atoms with van der Waals surface area (Å²) in [4.78, 5) is 7.06. The zero-order chi connectivity index (χ0) is 12.4. The fourth-order valence-corrected chi connectivity index (χ4v) is 3.41. The fraction of sp³-hybridized carbons (Fsp3) is 0.667. The van der Waals surface area contributed by atoms with Crippen molar-refractivity contribution in [3.63, 3.8) is 0 Å². The largest absolute Gasteiger partial charge is 0.319 e. The molecule has 1 saturated carbocycles. The van der Waals surface area contributed by atoms with Crippen molar-refractivity contribution in [3.05, 3.63) is 30.1 Å². The van der Waals surface area contributed by atoms with Crippen LogP contribution in [-0.2, 0) is 0 Å². The minimum atomic E-state index is 0.576. The Kier molecular flexibility index (Phi) is 3.62. The third-order valence-electron chi connectivity index (χ3n) is 4.30. The van der Waals surface area contributed by atoms with Gasteiger partial charge in [-0.1, -0.05) is 6.07 Å². The van der Waals surface area contributed by atoms with E-state index in [-0.39, 0.29) is 0 Å². The topological polar surface area (TPSA) is 28.2 Å². The summed E-state index contributed by atoms with van der Waals surface area (Å²) >= 11 is 0. The molecule has 2 aliphatic rings. The molecule has 2 heterocycles. The molecule has 0 aromatic carbocycles. The van der Waals surface area contributed by atoms with Gasteiger partial charge in [0.1, 0.15) is 0 Å². The molecule has 0 amide bonds. The molecule has 1 aromatic heterocycles. The molecule has 98 valence electrons. The van der Waals surface area contributed by atoms with Gasteiger partial charge in [0.05, 0.1) is 0 Å². The number of nitrogens with zero attached hydrogens (tertiary/aromatic N) is 2. The monoisotopic (exact) mass is 245 g/mol. The number of rotatable bonds is 4. The van der Waals surface area contributed by atoms with Gasteiger partial charge in [0.25, 0.3) is 0 Å². The number of likely N-dealkylation sites (tertiary alicyclic amines) is 1. The summed E-state index contributed by atoms with van der Waals surface area (Å²) in [5, 5.41) is 3.37. The maximum Gasteiger partial charge on any atom is 0.0406 e. The Bertz CT molecular complexity index is 373. The first-order chi connectivity index (χ1) is 8.90. The summed E-state index contributed by atoms with van der Waals surface area (Å²) in [5.41, 5.74) is 1.41. The zero-order valence-corrected chi connectivity index (χ0v) is 11.2. The van der Waals surface area contributed by atoms with Crippen molar-refractivity contribution in [1.29, 1.82) is 0 Å². The van der Waals surface area contributed by atoms with Crippen LogP contribution in [0.25, 0.3) is 0 Å². The van der Waals surface area contributed by atoms with Gasteiger partial charge < -0.3 is 5.32 Å². The Labute approximate surface area is 110 Å². The normalized spacial score (nSPS) is 29.4. The summed E-state index contributed by atoms with van der Waals surface area (Å²) in [6.45, 7) is 2.38. The van der Waals surface area contributed by atoms with Crippen molar-refractivity contribution < 1.29 is 0 Å². The molecule has 2 fully saturated rings. The predicted octanol–water partition coefficient (Wildman–Crippen LogP) is 2.22. The summed E-state index contributed by atoms with van der Waals surface area (Å²) in [6.07, 6.45) is 9.41. The first-order valence-corrected chi connectivity index (χ1v) is 7.20. The highest BCUT2D eigenvalue weighted by Gasteiger charge is 2.40. The third-order valence-corrected chi connectivity index (χ3v) is 4.30. The quantitative estimate of drug-likeness (QED) is 0.881. The number of nitrogens with one attached hydrogen (secondary N) is 1. The number of hydrogen-bond donors (Lipinski definition) is 1. The van der Waals surface area contributed by atoms with Gasteiger partial charge >= 0.3 is 0 Å². The van der Waals surface area contributed by atoms with Gasteiger partial charge in [0, 0.05) is 24.5 Å². The Hall–Kier alpha value is -0.930. The maximum absolute atomic E-state index is 4.32. The van der Waals surface area contributed by atoms with Crippen LogP contribution in [0.15, 0.2) is 24.5 Å². The number of pyridine rings is 1. The molecule has 3 nitrogen and oxygen atoms in total. The van der Waals surface area contributed by atoms with Crippen LogP contribution in [0.2, 0.25) is 0 Å². The molecule has 1 aromatic rings. The van der Waals surface area contributed by atoms with Crippen molar-refractivity contribution >= 4 is 0 Å². The lowest BCUT2D eigenvalue weighted by Gasteiger charge is -2.42. The molecule has 1 aliphatic carbocycles. The van der Waals surface area contributed by atoms with E-state index < -0.39 is 0 Å². The smallest absolute Gasteiger partial charge is 0.0406 e. The van der Waals surface area contributed by atoms with Crippen molar-refractivity contribution in [1.82, 2.24) is 15.2 Å². The molecule has 1 N–H and O–H groups in total. The molecular weight excluding hydrogens is 222 g/mol. The van der Waals surface area contributed by atoms with Gasteiger partial charge in [-0.05, 0) is 63.4 Å². The van der Waals surface area contributed by atoms with Crippen LogP contribution in [0.1, 0.15) is 37.3 Å². The second-order valence-electron chi connectivity index (χ2n) is 5.66. The minimum absolute atomic E-state index is 0.576. The predicted molar refractivity (Wildman–Crippen MR) is 73.4 cm³/mol. The first-order valence-electron chi connectivity index (χ1n) is 7.20. The Balaban J connectivity index is 1.86. The second kappa shape index (κ2) is 5.37. The van der Waals surface area contributed by atoms with E-state index in [1.54, 1.807) is 0 Å². The van der Waals surface area contributed by atoms with Gasteiger partial charge in [-0.25, -0.2) is 0 Å². The van der Waals surface area contributed by atoms with Crippen LogP contribution in [0.3, 0.4) is 0 Å². The van der Waals surface area contributed by atoms with E-state index >= 15 is 0 Å². The molecule has 2 atom stereocenters. The average Bonchev–Trinajstić information content (AvgIpc) is 3.24. The third kappa shape index (κ3) is 2.43. The van der Waals surface area contributed by atoms with Crippen LogP contribution < -0.4 is 5.32 Å². The lowest BCUT2D eigenvalue weighted by Crippen LogP contribution is -2.43. The molecule has 1 saturated heterocycles. The van der Waals surface area contributed by atoms with Crippen molar-refractivity contribution in [2.24, 2.45) is 5.92 Å². The van der Waals surface area contributed by atoms with Crippen LogP contribution in [-0.4, -0.2) is 36.1 Å². The number of aromatic nitrogens is 1. The molecule has 0 spiro atoms. The fourth-order valence-electron chi connectivity index (χ4n) is 3.41. The van der Waals surface area contributed by atoms with Crippen LogP contribution in [0, 0.1) is 5.92 Å². The molecule has 3 rings (SSSR count). The minimum Gasteiger partial charge on any atom is -0.319 e. The molecule has 0 radical (unpaired) electrons. The summed E-state index contributed by atoms with van der Waals surface area (Å²) in [7, 11) is 2.07. The highest BCUT2D eigenvalue weighted by atomic mass is 15.2. The number of hydrogen-bond acceptors (Lipinski definition) is 3. The van der Waals surface area contributed by atoms with Crippen LogP contribution >= 0.6 is 0 Å². The Morgan fingerprint density at radius 2 is 2.28 bits per heavy atom. The van der Waals surface area contributed by atoms with Gasteiger partial charge in [0.15, 0.2) is 0 Å². The maximum atomic E-state index is 4.32. The van der Waals surface area contributed by atoms with E-state index in [1.807, 2.05) is 6.20 Å². The first kappa shape index (κ1) is 12.1. The van der Waals surface area contributed by atoms with E-state index in [2.05, 4.69) is 40.6 Å². The standard InChI is InChI=1S/C15H23N3/c1-16-10-12-5-3-9-18(14-6-7-14)15(12)13-4-2-8-17-11-13/h2,4,8,11-12,14-16H,3,5-7,9-10H2,1H3. The second-order valence-corrected chi connectivity index (χ2v) is 5.66. The molecular formula is C15H23N3. The summed E-state index contributed by atoms with van der Waals surface area (Å²) in [6, 6.07) is 5.74. The van der Waals surface area contributed by atoms with E-state index in [0.717, 1.165) is 18.5 Å². The van der Waals surface area contributed by atoms with E-state index in [4.69, 9.17) is 0 Å². The Morgan fingerprint density at radius 3 is 2.94 bits per heavy atom. The highest BCUT2D eigenvalue weighted by Crippen LogP contribution is 2.42. The Morgan fingerprint density at radius 1 is 1.39 bits per heavy atom. The van der Waals surface area contributed by atoms with E-state index in [1.165, 1.54) is 37.8 Å². The zero-order valence-electron chi connectivity index (χ0n) is 11.2. The molecule has 0 bridgehead atoms. The van der Waals surface area contributed by atoms with E-state index in [9.17, 15) is 0 Å².